The Labute approximate surface area is 381 Å². The van der Waals surface area contributed by atoms with Crippen molar-refractivity contribution in [3.8, 4) is 5.75 Å². The van der Waals surface area contributed by atoms with Crippen LogP contribution < -0.4 is 26.6 Å². The van der Waals surface area contributed by atoms with E-state index in [0.29, 0.717) is 23.1 Å². The van der Waals surface area contributed by atoms with Crippen molar-refractivity contribution in [1.82, 2.24) is 36.5 Å². The largest absolute Gasteiger partial charge is 0.508 e. The third-order valence-corrected chi connectivity index (χ3v) is 12.4. The lowest BCUT2D eigenvalue weighted by atomic mass is 9.98. The van der Waals surface area contributed by atoms with Gasteiger partial charge in [0.15, 0.2) is 0 Å². The predicted octanol–water partition coefficient (Wildman–Crippen LogP) is 3.11. The van der Waals surface area contributed by atoms with E-state index in [1.807, 2.05) is 72.8 Å². The lowest BCUT2D eigenvalue weighted by molar-refractivity contribution is -0.143. The molecule has 2 saturated heterocycles. The fourth-order valence-corrected chi connectivity index (χ4v) is 8.90. The van der Waals surface area contributed by atoms with Crippen LogP contribution in [0.3, 0.4) is 0 Å². The fraction of sp³-hybridized carbons (Fsp3) is 0.294. The first-order valence-electron chi connectivity index (χ1n) is 22.2. The summed E-state index contributed by atoms with van der Waals surface area (Å²) < 4.78 is 0. The molecule has 8 rings (SSSR count). The molecule has 0 spiro atoms. The predicted molar refractivity (Wildman–Crippen MR) is 248 cm³/mol. The third-order valence-electron chi connectivity index (χ3n) is 12.4. The molecule has 8 N–H and O–H groups in total. The number of aliphatic hydroxyl groups excluding tert-OH is 1. The Hall–Kier alpha value is -7.52. The van der Waals surface area contributed by atoms with Gasteiger partial charge in [0, 0.05) is 49.3 Å². The maximum atomic E-state index is 14.8. The van der Waals surface area contributed by atoms with Gasteiger partial charge in [-0.05, 0) is 71.0 Å². The minimum Gasteiger partial charge on any atom is -0.508 e. The highest BCUT2D eigenvalue weighted by Crippen LogP contribution is 2.23. The summed E-state index contributed by atoms with van der Waals surface area (Å²) in [6.07, 6.45) is 0.950. The Balaban J connectivity index is 1.20. The lowest BCUT2D eigenvalue weighted by Gasteiger charge is -2.32. The van der Waals surface area contributed by atoms with Gasteiger partial charge in [-0.3, -0.25) is 28.8 Å². The number of phenolic OH excluding ortho intramolecular Hbond substituents is 1. The summed E-state index contributed by atoms with van der Waals surface area (Å²) >= 11 is 0. The number of nitrogens with zero attached hydrogens (tertiary/aromatic N) is 1. The number of phenols is 1. The maximum absolute atomic E-state index is 14.8. The molecule has 2 fully saturated rings. The molecule has 3 heterocycles. The zero-order chi connectivity index (χ0) is 46.3. The molecule has 66 heavy (non-hydrogen) atoms. The van der Waals surface area contributed by atoms with E-state index in [-0.39, 0.29) is 44.4 Å². The van der Waals surface area contributed by atoms with Crippen LogP contribution in [0.15, 0.2) is 128 Å². The Kier molecular flexibility index (Phi) is 13.7. The van der Waals surface area contributed by atoms with Crippen LogP contribution in [0, 0.1) is 0 Å². The SMILES string of the molecule is C[C@@H](O)[C@@H]1NC(=O)[C@H](Cc2ccc(O)cc2)NC(=O)C(Cc2c[nH]c3ccccc23)NC(=O)[C@H](Cc2ccc3ccccc3c2)NC(=O)[C@@H]2CCCN2C(=O)[C@H](Cc2ccccc2)NC1=O. The van der Waals surface area contributed by atoms with E-state index in [1.165, 1.54) is 24.0 Å². The van der Waals surface area contributed by atoms with Crippen LogP contribution in [0.25, 0.3) is 21.7 Å². The summed E-state index contributed by atoms with van der Waals surface area (Å²) in [7, 11) is 0. The minimum absolute atomic E-state index is 0.0190. The van der Waals surface area contributed by atoms with Crippen molar-refractivity contribution in [3.05, 3.63) is 150 Å². The number of carbonyl (C=O) groups is 6. The van der Waals surface area contributed by atoms with Gasteiger partial charge < -0.3 is 46.7 Å². The molecular formula is C51H53N7O8. The highest BCUT2D eigenvalue weighted by atomic mass is 16.3. The second-order valence-corrected chi connectivity index (χ2v) is 17.2. The van der Waals surface area contributed by atoms with Crippen LogP contribution in [-0.2, 0) is 54.5 Å². The lowest BCUT2D eigenvalue weighted by Crippen LogP contribution is -2.63. The van der Waals surface area contributed by atoms with Crippen LogP contribution in [0.2, 0.25) is 0 Å². The Morgan fingerprint density at radius 1 is 0.576 bits per heavy atom. The highest BCUT2D eigenvalue weighted by molar-refractivity contribution is 5.99. The van der Waals surface area contributed by atoms with E-state index in [4.69, 9.17) is 0 Å². The van der Waals surface area contributed by atoms with Gasteiger partial charge in [0.2, 0.25) is 35.4 Å². The average Bonchev–Trinajstić information content (AvgIpc) is 3.98. The summed E-state index contributed by atoms with van der Waals surface area (Å²) in [5.74, 6) is -4.24. The minimum atomic E-state index is -1.59. The molecule has 5 aromatic carbocycles. The number of carbonyl (C=O) groups excluding carboxylic acids is 6. The third kappa shape index (κ3) is 10.5. The Morgan fingerprint density at radius 2 is 1.14 bits per heavy atom. The van der Waals surface area contributed by atoms with Crippen LogP contribution in [0.5, 0.6) is 5.75 Å². The first-order valence-corrected chi connectivity index (χ1v) is 22.2. The van der Waals surface area contributed by atoms with Crippen molar-refractivity contribution in [2.45, 2.75) is 87.8 Å². The van der Waals surface area contributed by atoms with Gasteiger partial charge in [0.05, 0.1) is 6.10 Å². The number of aliphatic hydroxyl groups is 1. The van der Waals surface area contributed by atoms with Crippen LogP contribution in [-0.4, -0.2) is 104 Å². The number of aromatic amines is 1. The molecule has 6 aromatic rings. The van der Waals surface area contributed by atoms with Crippen molar-refractivity contribution in [2.75, 3.05) is 6.54 Å². The van der Waals surface area contributed by atoms with Crippen molar-refractivity contribution >= 4 is 57.1 Å². The monoisotopic (exact) mass is 891 g/mol. The second-order valence-electron chi connectivity index (χ2n) is 17.2. The average molecular weight is 892 g/mol. The van der Waals surface area contributed by atoms with Crippen molar-refractivity contribution in [1.29, 1.82) is 0 Å². The van der Waals surface area contributed by atoms with E-state index in [9.17, 15) is 39.0 Å². The van der Waals surface area contributed by atoms with E-state index in [0.717, 1.165) is 27.2 Å². The molecule has 2 aliphatic rings. The molecule has 0 aliphatic carbocycles. The Morgan fingerprint density at radius 3 is 1.86 bits per heavy atom. The number of para-hydroxylation sites is 1. The van der Waals surface area contributed by atoms with E-state index >= 15 is 0 Å². The molecule has 0 radical (unpaired) electrons. The molecule has 7 atom stereocenters. The smallest absolute Gasteiger partial charge is 0.246 e. The van der Waals surface area contributed by atoms with E-state index < -0.39 is 77.8 Å². The number of benzene rings is 5. The Bertz CT molecular complexity index is 2740. The molecule has 1 aromatic heterocycles. The number of H-pyrrole nitrogens is 1. The summed E-state index contributed by atoms with van der Waals surface area (Å²) in [5, 5.41) is 37.8. The number of nitrogens with one attached hydrogen (secondary N) is 6. The number of rotatable bonds is 9. The molecule has 0 bridgehead atoms. The van der Waals surface area contributed by atoms with E-state index in [1.54, 1.807) is 42.6 Å². The van der Waals surface area contributed by atoms with Crippen molar-refractivity contribution < 1.29 is 39.0 Å². The molecule has 1 unspecified atom stereocenters. The van der Waals surface area contributed by atoms with Gasteiger partial charge in [0.1, 0.15) is 42.0 Å². The number of amides is 6. The number of hydrogen-bond donors (Lipinski definition) is 8. The maximum Gasteiger partial charge on any atom is 0.246 e. The fourth-order valence-electron chi connectivity index (χ4n) is 8.90. The summed E-state index contributed by atoms with van der Waals surface area (Å²) in [6.45, 7) is 1.52. The number of hydrogen-bond acceptors (Lipinski definition) is 8. The van der Waals surface area contributed by atoms with Crippen molar-refractivity contribution in [3.63, 3.8) is 0 Å². The molecular weight excluding hydrogens is 839 g/mol. The molecule has 15 nitrogen and oxygen atoms in total. The summed E-state index contributed by atoms with van der Waals surface area (Å²) in [5.41, 5.74) is 3.48. The molecule has 0 saturated carbocycles. The molecule has 15 heteroatoms. The topological polar surface area (TPSA) is 222 Å². The van der Waals surface area contributed by atoms with Gasteiger partial charge in [-0.25, -0.2) is 0 Å². The van der Waals surface area contributed by atoms with Gasteiger partial charge in [-0.15, -0.1) is 0 Å². The van der Waals surface area contributed by atoms with Crippen LogP contribution >= 0.6 is 0 Å². The van der Waals surface area contributed by atoms with Gasteiger partial charge in [0.25, 0.3) is 0 Å². The number of aromatic nitrogens is 1. The molecule has 2 aliphatic heterocycles. The van der Waals surface area contributed by atoms with Gasteiger partial charge in [-0.1, -0.05) is 103 Å². The number of aromatic hydroxyl groups is 1. The first kappa shape index (κ1) is 45.1. The van der Waals surface area contributed by atoms with Gasteiger partial charge in [-0.2, -0.15) is 0 Å². The standard InChI is InChI=1S/C51H53N7O8/c1-30(59)45-50(65)56-43(26-31-10-3-2-4-11-31)51(66)58-23-9-16-44(58)49(64)55-41(27-33-17-20-34-12-5-6-13-35(34)24-33)46(61)54-42(28-36-29-52-39-15-8-7-14-38(36)39)47(62)53-40(48(63)57-45)25-32-18-21-37(60)22-19-32/h2-8,10-15,17-22,24,29-30,40-45,52,59-60H,9,16,23,25-28H2,1H3,(H,53,62)(H,54,61)(H,55,64)(H,56,65)(H,57,63)/t30-,40+,41+,42?,43+,44+,45+/m1/s1. The van der Waals surface area contributed by atoms with Crippen LogP contribution in [0.4, 0.5) is 0 Å². The van der Waals surface area contributed by atoms with E-state index in [2.05, 4.69) is 31.6 Å². The number of fused-ring (bicyclic) bond motifs is 3. The highest BCUT2D eigenvalue weighted by Gasteiger charge is 2.41. The molecule has 6 amide bonds. The zero-order valence-electron chi connectivity index (χ0n) is 36.4. The summed E-state index contributed by atoms with van der Waals surface area (Å²) in [4.78, 5) is 92.1. The van der Waals surface area contributed by atoms with Crippen LogP contribution in [0.1, 0.15) is 42.0 Å². The van der Waals surface area contributed by atoms with Gasteiger partial charge >= 0.3 is 0 Å². The van der Waals surface area contributed by atoms with Crippen molar-refractivity contribution in [2.24, 2.45) is 0 Å². The summed E-state index contributed by atoms with van der Waals surface area (Å²) in [6, 6.07) is 28.3. The normalized spacial score (nSPS) is 22.9. The quantitative estimate of drug-likeness (QED) is 0.108. The first-order chi connectivity index (χ1) is 31.9. The zero-order valence-corrected chi connectivity index (χ0v) is 36.4. The molecule has 340 valence electrons. The second kappa shape index (κ2) is 20.1.